The van der Waals surface area contributed by atoms with Crippen molar-refractivity contribution in [3.05, 3.63) is 30.1 Å². The van der Waals surface area contributed by atoms with Crippen LogP contribution in [0, 0.1) is 0 Å². The van der Waals surface area contributed by atoms with E-state index in [0.717, 1.165) is 5.56 Å². The molecule has 1 amide bonds. The molecule has 0 fully saturated rings. The van der Waals surface area contributed by atoms with Crippen LogP contribution in [0.1, 0.15) is 26.3 Å². The van der Waals surface area contributed by atoms with Gasteiger partial charge in [0.1, 0.15) is 0 Å². The van der Waals surface area contributed by atoms with Crippen LogP contribution in [0.3, 0.4) is 0 Å². The van der Waals surface area contributed by atoms with E-state index in [0.29, 0.717) is 0 Å². The summed E-state index contributed by atoms with van der Waals surface area (Å²) in [5.41, 5.74) is 0.658. The van der Waals surface area contributed by atoms with Gasteiger partial charge in [0, 0.05) is 19.3 Å². The summed E-state index contributed by atoms with van der Waals surface area (Å²) >= 11 is 0. The summed E-state index contributed by atoms with van der Waals surface area (Å²) in [5.74, 6) is -0.0335. The maximum absolute atomic E-state index is 10.9. The van der Waals surface area contributed by atoms with Gasteiger partial charge in [-0.25, -0.2) is 0 Å². The molecular weight excluding hydrogens is 164 g/mol. The monoisotopic (exact) mass is 178 g/mol. The van der Waals surface area contributed by atoms with Crippen LogP contribution in [0.2, 0.25) is 0 Å². The minimum absolute atomic E-state index is 0.0335. The van der Waals surface area contributed by atoms with E-state index in [1.807, 2.05) is 26.0 Å². The minimum Gasteiger partial charge on any atom is -0.347 e. The molecule has 1 rings (SSSR count). The Labute approximate surface area is 78.2 Å². The number of rotatable bonds is 2. The van der Waals surface area contributed by atoms with Crippen LogP contribution in [0.15, 0.2) is 24.5 Å². The molecule has 1 N–H and O–H groups in total. The molecule has 1 aromatic rings. The van der Waals surface area contributed by atoms with Gasteiger partial charge in [-0.1, -0.05) is 6.07 Å². The Bertz CT molecular complexity index is 293. The molecule has 0 saturated carbocycles. The number of aromatic nitrogens is 1. The summed E-state index contributed by atoms with van der Waals surface area (Å²) in [6, 6.07) is 3.81. The average Bonchev–Trinajstić information content (AvgIpc) is 2.04. The van der Waals surface area contributed by atoms with Crippen molar-refractivity contribution in [2.75, 3.05) is 0 Å². The summed E-state index contributed by atoms with van der Waals surface area (Å²) in [5, 5.41) is 2.86. The minimum atomic E-state index is -0.347. The Morgan fingerprint density at radius 1 is 1.54 bits per heavy atom. The highest BCUT2D eigenvalue weighted by atomic mass is 16.1. The lowest BCUT2D eigenvalue weighted by Crippen LogP contribution is -2.39. The number of hydrogen-bond acceptors (Lipinski definition) is 2. The molecule has 0 radical (unpaired) electrons. The number of amides is 1. The number of pyridine rings is 1. The lowest BCUT2D eigenvalue weighted by atomic mass is 9.96. The molecule has 3 heteroatoms. The van der Waals surface area contributed by atoms with E-state index in [4.69, 9.17) is 0 Å². The van der Waals surface area contributed by atoms with E-state index in [-0.39, 0.29) is 11.4 Å². The molecular formula is C10H14N2O. The molecule has 0 atom stereocenters. The van der Waals surface area contributed by atoms with Gasteiger partial charge in [-0.2, -0.15) is 0 Å². The normalized spacial score (nSPS) is 11.0. The van der Waals surface area contributed by atoms with E-state index < -0.39 is 0 Å². The predicted molar refractivity (Wildman–Crippen MR) is 51.1 cm³/mol. The van der Waals surface area contributed by atoms with E-state index in [2.05, 4.69) is 10.3 Å². The first kappa shape index (κ1) is 9.71. The van der Waals surface area contributed by atoms with Gasteiger partial charge in [-0.05, 0) is 25.5 Å². The van der Waals surface area contributed by atoms with E-state index in [1.165, 1.54) is 6.92 Å². The topological polar surface area (TPSA) is 42.0 Å². The molecule has 0 aliphatic heterocycles. The Morgan fingerprint density at radius 3 is 2.69 bits per heavy atom. The number of nitrogens with zero attached hydrogens (tertiary/aromatic N) is 1. The highest BCUT2D eigenvalue weighted by molar-refractivity contribution is 5.73. The molecule has 70 valence electrons. The number of hydrogen-bond donors (Lipinski definition) is 1. The molecule has 3 nitrogen and oxygen atoms in total. The third-order valence-corrected chi connectivity index (χ3v) is 1.87. The second-order valence-corrected chi connectivity index (χ2v) is 3.55. The van der Waals surface area contributed by atoms with Crippen molar-refractivity contribution < 1.29 is 4.79 Å². The Kier molecular flexibility index (Phi) is 2.66. The number of carbonyl (C=O) groups is 1. The van der Waals surface area contributed by atoms with Gasteiger partial charge in [-0.15, -0.1) is 0 Å². The lowest BCUT2D eigenvalue weighted by molar-refractivity contribution is -0.120. The summed E-state index contributed by atoms with van der Waals surface area (Å²) in [7, 11) is 0. The van der Waals surface area contributed by atoms with E-state index >= 15 is 0 Å². The van der Waals surface area contributed by atoms with Gasteiger partial charge < -0.3 is 5.32 Å². The predicted octanol–water partition coefficient (Wildman–Crippen LogP) is 1.45. The van der Waals surface area contributed by atoms with Gasteiger partial charge in [-0.3, -0.25) is 9.78 Å². The van der Waals surface area contributed by atoms with Crippen molar-refractivity contribution in [1.29, 1.82) is 0 Å². The smallest absolute Gasteiger partial charge is 0.217 e. The fourth-order valence-electron chi connectivity index (χ4n) is 1.24. The van der Waals surface area contributed by atoms with E-state index in [9.17, 15) is 4.79 Å². The maximum Gasteiger partial charge on any atom is 0.217 e. The van der Waals surface area contributed by atoms with Crippen LogP contribution in [0.5, 0.6) is 0 Å². The fraction of sp³-hybridized carbons (Fsp3) is 0.400. The van der Waals surface area contributed by atoms with Gasteiger partial charge in [0.15, 0.2) is 0 Å². The lowest BCUT2D eigenvalue weighted by Gasteiger charge is -2.25. The van der Waals surface area contributed by atoms with Crippen LogP contribution in [0.4, 0.5) is 0 Å². The number of nitrogens with one attached hydrogen (secondary N) is 1. The van der Waals surface area contributed by atoms with E-state index in [1.54, 1.807) is 12.4 Å². The maximum atomic E-state index is 10.9. The van der Waals surface area contributed by atoms with Crippen molar-refractivity contribution in [2.24, 2.45) is 0 Å². The van der Waals surface area contributed by atoms with Crippen molar-refractivity contribution >= 4 is 5.91 Å². The van der Waals surface area contributed by atoms with Crippen LogP contribution < -0.4 is 5.32 Å². The van der Waals surface area contributed by atoms with Gasteiger partial charge in [0.2, 0.25) is 5.91 Å². The summed E-state index contributed by atoms with van der Waals surface area (Å²) in [6.07, 6.45) is 3.48. The molecule has 0 aromatic carbocycles. The van der Waals surface area contributed by atoms with Gasteiger partial charge >= 0.3 is 0 Å². The second kappa shape index (κ2) is 3.56. The largest absolute Gasteiger partial charge is 0.347 e. The van der Waals surface area contributed by atoms with Gasteiger partial charge in [0.25, 0.3) is 0 Å². The Morgan fingerprint density at radius 2 is 2.23 bits per heavy atom. The van der Waals surface area contributed by atoms with Crippen molar-refractivity contribution in [2.45, 2.75) is 26.3 Å². The summed E-state index contributed by atoms with van der Waals surface area (Å²) < 4.78 is 0. The zero-order valence-electron chi connectivity index (χ0n) is 8.16. The molecule has 0 bridgehead atoms. The fourth-order valence-corrected chi connectivity index (χ4v) is 1.24. The molecule has 0 aliphatic carbocycles. The van der Waals surface area contributed by atoms with Crippen LogP contribution in [-0.4, -0.2) is 10.9 Å². The SMILES string of the molecule is CC(=O)NC(C)(C)c1cccnc1. The van der Waals surface area contributed by atoms with Crippen LogP contribution in [-0.2, 0) is 10.3 Å². The summed E-state index contributed by atoms with van der Waals surface area (Å²) in [6.45, 7) is 5.41. The first-order chi connectivity index (χ1) is 6.02. The highest BCUT2D eigenvalue weighted by Gasteiger charge is 2.20. The van der Waals surface area contributed by atoms with Crippen LogP contribution >= 0.6 is 0 Å². The zero-order valence-corrected chi connectivity index (χ0v) is 8.16. The Balaban J connectivity index is 2.87. The zero-order chi connectivity index (χ0) is 9.90. The molecule has 0 unspecified atom stereocenters. The van der Waals surface area contributed by atoms with Crippen LogP contribution in [0.25, 0.3) is 0 Å². The second-order valence-electron chi connectivity index (χ2n) is 3.55. The third kappa shape index (κ3) is 2.54. The molecule has 1 heterocycles. The quantitative estimate of drug-likeness (QED) is 0.744. The molecule has 13 heavy (non-hydrogen) atoms. The molecule has 1 aromatic heterocycles. The average molecular weight is 178 g/mol. The molecule has 0 spiro atoms. The van der Waals surface area contributed by atoms with Crippen molar-refractivity contribution in [1.82, 2.24) is 10.3 Å². The standard InChI is InChI=1S/C10H14N2O/c1-8(13)12-10(2,3)9-5-4-6-11-7-9/h4-7H,1-3H3,(H,12,13). The highest BCUT2D eigenvalue weighted by Crippen LogP contribution is 2.17. The van der Waals surface area contributed by atoms with Gasteiger partial charge in [0.05, 0.1) is 5.54 Å². The first-order valence-corrected chi connectivity index (χ1v) is 4.21. The van der Waals surface area contributed by atoms with Crippen molar-refractivity contribution in [3.63, 3.8) is 0 Å². The third-order valence-electron chi connectivity index (χ3n) is 1.87. The summed E-state index contributed by atoms with van der Waals surface area (Å²) in [4.78, 5) is 14.9. The Hall–Kier alpha value is -1.38. The molecule has 0 aliphatic rings. The first-order valence-electron chi connectivity index (χ1n) is 4.21. The molecule has 0 saturated heterocycles. The van der Waals surface area contributed by atoms with Crippen molar-refractivity contribution in [3.8, 4) is 0 Å². The number of carbonyl (C=O) groups excluding carboxylic acids is 1.